The third-order valence-electron chi connectivity index (χ3n) is 5.50. The molecule has 6 nitrogen and oxygen atoms in total. The van der Waals surface area contributed by atoms with Crippen LogP contribution < -0.4 is 0 Å². The van der Waals surface area contributed by atoms with Crippen LogP contribution in [0.4, 0.5) is 0 Å². The van der Waals surface area contributed by atoms with Crippen LogP contribution in [-0.4, -0.2) is 24.5 Å². The van der Waals surface area contributed by atoms with Gasteiger partial charge >= 0.3 is 17.9 Å². The van der Waals surface area contributed by atoms with E-state index in [1.54, 1.807) is 24.3 Å². The molecule has 1 aliphatic rings. The molecule has 1 fully saturated rings. The predicted molar refractivity (Wildman–Crippen MR) is 119 cm³/mol. The van der Waals surface area contributed by atoms with Crippen molar-refractivity contribution in [3.63, 3.8) is 0 Å². The molecule has 0 aromatic heterocycles. The van der Waals surface area contributed by atoms with Gasteiger partial charge in [0.25, 0.3) is 0 Å². The summed E-state index contributed by atoms with van der Waals surface area (Å²) in [6, 6.07) is 16.5. The first-order valence-corrected chi connectivity index (χ1v) is 10.8. The topological polar surface area (TPSA) is 78.9 Å². The molecule has 0 N–H and O–H groups in total. The SMILES string of the molecule is C=C(C)C(=O)OCC(=O)OC1(c2ccc(C(=O)OCc3ccccc3)cc2)CCCCC1. The van der Waals surface area contributed by atoms with Gasteiger partial charge in [0.15, 0.2) is 6.61 Å². The van der Waals surface area contributed by atoms with Gasteiger partial charge in [0, 0.05) is 5.57 Å². The van der Waals surface area contributed by atoms with Crippen LogP contribution in [-0.2, 0) is 36.0 Å². The Hall–Kier alpha value is -3.41. The van der Waals surface area contributed by atoms with Crippen molar-refractivity contribution in [2.75, 3.05) is 6.61 Å². The molecule has 1 saturated carbocycles. The Balaban J connectivity index is 1.66. The van der Waals surface area contributed by atoms with Gasteiger partial charge in [-0.25, -0.2) is 14.4 Å². The summed E-state index contributed by atoms with van der Waals surface area (Å²) in [6.07, 6.45) is 4.24. The van der Waals surface area contributed by atoms with Crippen LogP contribution in [0.5, 0.6) is 0 Å². The molecule has 0 unspecified atom stereocenters. The minimum atomic E-state index is -0.794. The molecule has 3 rings (SSSR count). The van der Waals surface area contributed by atoms with Gasteiger partial charge in [-0.15, -0.1) is 0 Å². The number of carbonyl (C=O) groups excluding carboxylic acids is 3. The Labute approximate surface area is 188 Å². The number of hydrogen-bond acceptors (Lipinski definition) is 6. The number of hydrogen-bond donors (Lipinski definition) is 0. The highest BCUT2D eigenvalue weighted by molar-refractivity contribution is 5.89. The lowest BCUT2D eigenvalue weighted by Gasteiger charge is -2.37. The fraction of sp³-hybridized carbons (Fsp3) is 0.346. The molecule has 0 spiro atoms. The van der Waals surface area contributed by atoms with Crippen LogP contribution in [0.15, 0.2) is 66.7 Å². The predicted octanol–water partition coefficient (Wildman–Crippen LogP) is 4.87. The van der Waals surface area contributed by atoms with Crippen LogP contribution in [0.1, 0.15) is 60.5 Å². The van der Waals surface area contributed by atoms with Gasteiger partial charge in [0.2, 0.25) is 0 Å². The zero-order chi connectivity index (χ0) is 23.0. The quantitative estimate of drug-likeness (QED) is 0.334. The third-order valence-corrected chi connectivity index (χ3v) is 5.50. The van der Waals surface area contributed by atoms with E-state index in [1.807, 2.05) is 30.3 Å². The largest absolute Gasteiger partial charge is 0.457 e. The zero-order valence-electron chi connectivity index (χ0n) is 18.3. The monoisotopic (exact) mass is 436 g/mol. The number of ether oxygens (including phenoxy) is 3. The van der Waals surface area contributed by atoms with Crippen molar-refractivity contribution in [2.45, 2.75) is 51.2 Å². The Morgan fingerprint density at radius 2 is 1.56 bits per heavy atom. The normalized spacial score (nSPS) is 14.8. The maximum absolute atomic E-state index is 12.4. The van der Waals surface area contributed by atoms with Crippen LogP contribution in [0.3, 0.4) is 0 Å². The average Bonchev–Trinajstić information content (AvgIpc) is 2.82. The van der Waals surface area contributed by atoms with E-state index in [0.29, 0.717) is 18.4 Å². The highest BCUT2D eigenvalue weighted by Crippen LogP contribution is 2.40. The van der Waals surface area contributed by atoms with Gasteiger partial charge in [-0.05, 0) is 55.9 Å². The van der Waals surface area contributed by atoms with Crippen molar-refractivity contribution in [3.8, 4) is 0 Å². The fourth-order valence-electron chi connectivity index (χ4n) is 3.78. The second-order valence-corrected chi connectivity index (χ2v) is 8.02. The summed E-state index contributed by atoms with van der Waals surface area (Å²) in [5.74, 6) is -1.65. The highest BCUT2D eigenvalue weighted by atomic mass is 16.6. The summed E-state index contributed by atoms with van der Waals surface area (Å²) in [7, 11) is 0. The van der Waals surface area contributed by atoms with Gasteiger partial charge in [0.05, 0.1) is 5.56 Å². The van der Waals surface area contributed by atoms with Gasteiger partial charge in [-0.2, -0.15) is 0 Å². The number of benzene rings is 2. The minimum absolute atomic E-state index is 0.200. The van der Waals surface area contributed by atoms with E-state index >= 15 is 0 Å². The maximum atomic E-state index is 12.4. The molecule has 6 heteroatoms. The first kappa shape index (κ1) is 23.3. The van der Waals surface area contributed by atoms with Gasteiger partial charge in [0.1, 0.15) is 12.2 Å². The second kappa shape index (κ2) is 10.8. The second-order valence-electron chi connectivity index (χ2n) is 8.02. The van der Waals surface area contributed by atoms with Crippen molar-refractivity contribution in [2.24, 2.45) is 0 Å². The molecular weight excluding hydrogens is 408 g/mol. The first-order chi connectivity index (χ1) is 15.4. The fourth-order valence-corrected chi connectivity index (χ4v) is 3.78. The molecule has 0 atom stereocenters. The lowest BCUT2D eigenvalue weighted by Crippen LogP contribution is -2.36. The van der Waals surface area contributed by atoms with Crippen LogP contribution >= 0.6 is 0 Å². The number of esters is 3. The Morgan fingerprint density at radius 1 is 0.906 bits per heavy atom. The van der Waals surface area contributed by atoms with Gasteiger partial charge in [-0.1, -0.05) is 55.5 Å². The molecule has 0 heterocycles. The van der Waals surface area contributed by atoms with Crippen LogP contribution in [0.25, 0.3) is 0 Å². The van der Waals surface area contributed by atoms with Crippen LogP contribution in [0, 0.1) is 0 Å². The summed E-state index contributed by atoms with van der Waals surface area (Å²) >= 11 is 0. The molecule has 0 amide bonds. The highest BCUT2D eigenvalue weighted by Gasteiger charge is 2.38. The van der Waals surface area contributed by atoms with Gasteiger partial charge in [-0.3, -0.25) is 0 Å². The van der Waals surface area contributed by atoms with Crippen molar-refractivity contribution < 1.29 is 28.6 Å². The van der Waals surface area contributed by atoms with Crippen LogP contribution in [0.2, 0.25) is 0 Å². The van der Waals surface area contributed by atoms with E-state index in [9.17, 15) is 14.4 Å². The molecule has 0 bridgehead atoms. The molecule has 2 aromatic rings. The maximum Gasteiger partial charge on any atom is 0.345 e. The Morgan fingerprint density at radius 3 is 2.19 bits per heavy atom. The molecule has 32 heavy (non-hydrogen) atoms. The summed E-state index contributed by atoms with van der Waals surface area (Å²) in [5, 5.41) is 0. The van der Waals surface area contributed by atoms with Crippen molar-refractivity contribution in [1.29, 1.82) is 0 Å². The summed E-state index contributed by atoms with van der Waals surface area (Å²) < 4.78 is 16.1. The molecule has 1 aliphatic carbocycles. The van der Waals surface area contributed by atoms with Crippen molar-refractivity contribution in [3.05, 3.63) is 83.4 Å². The molecule has 0 radical (unpaired) electrons. The number of rotatable bonds is 8. The van der Waals surface area contributed by atoms with E-state index in [4.69, 9.17) is 14.2 Å². The zero-order valence-corrected chi connectivity index (χ0v) is 18.3. The summed E-state index contributed by atoms with van der Waals surface area (Å²) in [4.78, 5) is 36.4. The average molecular weight is 437 g/mol. The molecule has 0 saturated heterocycles. The van der Waals surface area contributed by atoms with Crippen molar-refractivity contribution in [1.82, 2.24) is 0 Å². The summed E-state index contributed by atoms with van der Waals surface area (Å²) in [6.45, 7) is 4.75. The first-order valence-electron chi connectivity index (χ1n) is 10.8. The van der Waals surface area contributed by atoms with E-state index in [2.05, 4.69) is 6.58 Å². The standard InChI is InChI=1S/C26H28O6/c1-19(2)24(28)31-18-23(27)32-26(15-7-4-8-16-26)22-13-11-21(12-14-22)25(29)30-17-20-9-5-3-6-10-20/h3,5-6,9-14H,1,4,7-8,15-18H2,2H3. The summed E-state index contributed by atoms with van der Waals surface area (Å²) in [5.41, 5.74) is 1.59. The lowest BCUT2D eigenvalue weighted by atomic mass is 9.79. The van der Waals surface area contributed by atoms with Gasteiger partial charge < -0.3 is 14.2 Å². The van der Waals surface area contributed by atoms with E-state index in [-0.39, 0.29) is 12.2 Å². The Kier molecular flexibility index (Phi) is 7.82. The van der Waals surface area contributed by atoms with E-state index < -0.39 is 30.1 Å². The van der Waals surface area contributed by atoms with Crippen molar-refractivity contribution >= 4 is 17.9 Å². The minimum Gasteiger partial charge on any atom is -0.457 e. The number of carbonyl (C=O) groups is 3. The molecule has 2 aromatic carbocycles. The van der Waals surface area contributed by atoms with E-state index in [1.165, 1.54) is 6.92 Å². The smallest absolute Gasteiger partial charge is 0.345 e. The third kappa shape index (κ3) is 6.06. The molecular formula is C26H28O6. The molecule has 0 aliphatic heterocycles. The lowest BCUT2D eigenvalue weighted by molar-refractivity contribution is -0.173. The molecule has 168 valence electrons. The van der Waals surface area contributed by atoms with E-state index in [0.717, 1.165) is 30.4 Å². The Bertz CT molecular complexity index is 956.